The molecule has 0 spiro atoms. The Labute approximate surface area is 155 Å². The number of hydrogen-bond acceptors (Lipinski definition) is 5. The Morgan fingerprint density at radius 3 is 2.48 bits per heavy atom. The number of carboxylic acids is 1. The number of carbonyl (C=O) groups excluding carboxylic acids is 1. The normalized spacial score (nSPS) is 15.5. The van der Waals surface area contributed by atoms with E-state index in [4.69, 9.17) is 5.11 Å². The van der Waals surface area contributed by atoms with E-state index in [0.29, 0.717) is 37.6 Å². The third-order valence-corrected chi connectivity index (χ3v) is 4.55. The number of anilines is 1. The zero-order valence-corrected chi connectivity index (χ0v) is 14.6. The number of nitrogens with zero attached hydrogens (tertiary/aromatic N) is 3. The lowest BCUT2D eigenvalue weighted by Gasteiger charge is -2.35. The Morgan fingerprint density at radius 2 is 1.89 bits per heavy atom. The molecule has 1 aromatic carbocycles. The molecule has 0 saturated carbocycles. The van der Waals surface area contributed by atoms with Crippen LogP contribution in [0.25, 0.3) is 0 Å². The number of aromatic nitrogens is 1. The fourth-order valence-corrected chi connectivity index (χ4v) is 3.01. The van der Waals surface area contributed by atoms with E-state index in [9.17, 15) is 19.1 Å². The first kappa shape index (κ1) is 18.8. The van der Waals surface area contributed by atoms with Crippen LogP contribution in [0.3, 0.4) is 0 Å². The predicted molar refractivity (Wildman–Crippen MR) is 96.0 cm³/mol. The SMILES string of the molecule is O=C(O)c1ccc(N2CCN(C(=O)CC(O)c3cccc(F)c3)CC2)nc1. The number of halogens is 1. The van der Waals surface area contributed by atoms with Crippen molar-refractivity contribution in [3.05, 3.63) is 59.5 Å². The van der Waals surface area contributed by atoms with Gasteiger partial charge in [-0.2, -0.15) is 0 Å². The summed E-state index contributed by atoms with van der Waals surface area (Å²) in [4.78, 5) is 31.1. The summed E-state index contributed by atoms with van der Waals surface area (Å²) in [5, 5.41) is 19.1. The first-order chi connectivity index (χ1) is 12.9. The number of aliphatic hydroxyl groups excluding tert-OH is 1. The zero-order valence-electron chi connectivity index (χ0n) is 14.6. The number of amides is 1. The summed E-state index contributed by atoms with van der Waals surface area (Å²) in [6.45, 7) is 2.05. The van der Waals surface area contributed by atoms with Crippen LogP contribution in [0.2, 0.25) is 0 Å². The lowest BCUT2D eigenvalue weighted by atomic mass is 10.1. The van der Waals surface area contributed by atoms with E-state index < -0.39 is 17.9 Å². The van der Waals surface area contributed by atoms with E-state index in [1.54, 1.807) is 17.0 Å². The highest BCUT2D eigenvalue weighted by Gasteiger charge is 2.24. The van der Waals surface area contributed by atoms with Gasteiger partial charge in [-0.25, -0.2) is 14.2 Å². The number of carboxylic acid groups (broad SMARTS) is 1. The standard InChI is InChI=1S/C19H20FN3O4/c20-15-3-1-2-13(10-15)16(24)11-18(25)23-8-6-22(7-9-23)17-5-4-14(12-21-17)19(26)27/h1-5,10,12,16,24H,6-9,11H2,(H,26,27). The van der Waals surface area contributed by atoms with Gasteiger partial charge in [-0.05, 0) is 29.8 Å². The van der Waals surface area contributed by atoms with Crippen molar-refractivity contribution in [2.75, 3.05) is 31.1 Å². The molecule has 1 aliphatic rings. The van der Waals surface area contributed by atoms with Crippen molar-refractivity contribution < 1.29 is 24.2 Å². The predicted octanol–water partition coefficient (Wildman–Crippen LogP) is 1.69. The molecule has 1 saturated heterocycles. The number of aliphatic hydroxyl groups is 1. The third kappa shape index (κ3) is 4.59. The summed E-state index contributed by atoms with van der Waals surface area (Å²) in [7, 11) is 0. The minimum atomic E-state index is -1.04. The number of carbonyl (C=O) groups is 2. The number of rotatable bonds is 5. The van der Waals surface area contributed by atoms with E-state index in [1.165, 1.54) is 30.5 Å². The number of pyridine rings is 1. The summed E-state index contributed by atoms with van der Waals surface area (Å²) in [6, 6.07) is 8.74. The summed E-state index contributed by atoms with van der Waals surface area (Å²) >= 11 is 0. The molecule has 27 heavy (non-hydrogen) atoms. The minimum absolute atomic E-state index is 0.102. The highest BCUT2D eigenvalue weighted by Crippen LogP contribution is 2.20. The van der Waals surface area contributed by atoms with Crippen molar-refractivity contribution in [1.29, 1.82) is 0 Å². The molecular weight excluding hydrogens is 353 g/mol. The fourth-order valence-electron chi connectivity index (χ4n) is 3.01. The molecule has 0 bridgehead atoms. The van der Waals surface area contributed by atoms with Crippen molar-refractivity contribution in [1.82, 2.24) is 9.88 Å². The van der Waals surface area contributed by atoms with Gasteiger partial charge >= 0.3 is 5.97 Å². The van der Waals surface area contributed by atoms with Gasteiger partial charge in [-0.1, -0.05) is 12.1 Å². The number of aromatic carboxylic acids is 1. The van der Waals surface area contributed by atoms with Gasteiger partial charge in [0.05, 0.1) is 18.1 Å². The van der Waals surface area contributed by atoms with Crippen molar-refractivity contribution in [3.63, 3.8) is 0 Å². The van der Waals surface area contributed by atoms with E-state index in [-0.39, 0.29) is 17.9 Å². The highest BCUT2D eigenvalue weighted by atomic mass is 19.1. The number of piperazine rings is 1. The van der Waals surface area contributed by atoms with Gasteiger partial charge < -0.3 is 20.0 Å². The highest BCUT2D eigenvalue weighted by molar-refractivity contribution is 5.87. The topological polar surface area (TPSA) is 94.0 Å². The third-order valence-electron chi connectivity index (χ3n) is 4.55. The molecule has 2 heterocycles. The number of hydrogen-bond donors (Lipinski definition) is 2. The molecule has 1 aromatic heterocycles. The van der Waals surface area contributed by atoms with Crippen LogP contribution in [0.4, 0.5) is 10.2 Å². The van der Waals surface area contributed by atoms with Crippen molar-refractivity contribution in [2.24, 2.45) is 0 Å². The van der Waals surface area contributed by atoms with Gasteiger partial charge in [-0.15, -0.1) is 0 Å². The second-order valence-electron chi connectivity index (χ2n) is 6.35. The van der Waals surface area contributed by atoms with E-state index >= 15 is 0 Å². The average molecular weight is 373 g/mol. The van der Waals surface area contributed by atoms with Crippen molar-refractivity contribution in [2.45, 2.75) is 12.5 Å². The first-order valence-electron chi connectivity index (χ1n) is 8.59. The number of benzene rings is 1. The van der Waals surface area contributed by atoms with Crippen molar-refractivity contribution >= 4 is 17.7 Å². The molecule has 142 valence electrons. The smallest absolute Gasteiger partial charge is 0.337 e. The van der Waals surface area contributed by atoms with Crippen LogP contribution in [0.1, 0.15) is 28.4 Å². The Bertz CT molecular complexity index is 820. The Hall–Kier alpha value is -3.00. The van der Waals surface area contributed by atoms with E-state index in [2.05, 4.69) is 4.98 Å². The van der Waals surface area contributed by atoms with Crippen LogP contribution in [0, 0.1) is 5.82 Å². The summed E-state index contributed by atoms with van der Waals surface area (Å²) in [6.07, 6.45) is 0.163. The van der Waals surface area contributed by atoms with Crippen LogP contribution >= 0.6 is 0 Å². The summed E-state index contributed by atoms with van der Waals surface area (Å²) in [5.74, 6) is -1.01. The molecule has 0 radical (unpaired) electrons. The molecule has 1 amide bonds. The van der Waals surface area contributed by atoms with E-state index in [0.717, 1.165) is 0 Å². The van der Waals surface area contributed by atoms with Crippen LogP contribution in [0.5, 0.6) is 0 Å². The maximum absolute atomic E-state index is 13.2. The van der Waals surface area contributed by atoms with Crippen LogP contribution in [0.15, 0.2) is 42.6 Å². The van der Waals surface area contributed by atoms with E-state index in [1.807, 2.05) is 4.90 Å². The second kappa shape index (κ2) is 8.13. The zero-order chi connectivity index (χ0) is 19.4. The summed E-state index contributed by atoms with van der Waals surface area (Å²) in [5.41, 5.74) is 0.503. The van der Waals surface area contributed by atoms with Gasteiger partial charge in [0.2, 0.25) is 5.91 Å². The first-order valence-corrected chi connectivity index (χ1v) is 8.59. The molecule has 0 aliphatic carbocycles. The Morgan fingerprint density at radius 1 is 1.15 bits per heavy atom. The molecule has 2 N–H and O–H groups in total. The molecule has 3 rings (SSSR count). The van der Waals surface area contributed by atoms with Crippen molar-refractivity contribution in [3.8, 4) is 0 Å². The van der Waals surface area contributed by atoms with Gasteiger partial charge in [0.15, 0.2) is 0 Å². The molecule has 1 aliphatic heterocycles. The molecule has 1 fully saturated rings. The molecule has 7 nitrogen and oxygen atoms in total. The largest absolute Gasteiger partial charge is 0.478 e. The van der Waals surface area contributed by atoms with Crippen LogP contribution in [-0.2, 0) is 4.79 Å². The lowest BCUT2D eigenvalue weighted by Crippen LogP contribution is -2.49. The molecule has 1 unspecified atom stereocenters. The average Bonchev–Trinajstić information content (AvgIpc) is 2.68. The van der Waals surface area contributed by atoms with Crippen LogP contribution < -0.4 is 4.90 Å². The Balaban J connectivity index is 1.53. The van der Waals surface area contributed by atoms with Gasteiger partial charge in [0.25, 0.3) is 0 Å². The molecule has 8 heteroatoms. The van der Waals surface area contributed by atoms with Gasteiger partial charge in [-0.3, -0.25) is 4.79 Å². The maximum Gasteiger partial charge on any atom is 0.337 e. The molecular formula is C19H20FN3O4. The quantitative estimate of drug-likeness (QED) is 0.828. The van der Waals surface area contributed by atoms with Gasteiger partial charge in [0.1, 0.15) is 11.6 Å². The maximum atomic E-state index is 13.2. The second-order valence-corrected chi connectivity index (χ2v) is 6.35. The lowest BCUT2D eigenvalue weighted by molar-refractivity contribution is -0.133. The summed E-state index contributed by atoms with van der Waals surface area (Å²) < 4.78 is 13.2. The molecule has 2 aromatic rings. The minimum Gasteiger partial charge on any atom is -0.478 e. The van der Waals surface area contributed by atoms with Crippen LogP contribution in [-0.4, -0.2) is 58.2 Å². The monoisotopic (exact) mass is 373 g/mol. The molecule has 1 atom stereocenters. The van der Waals surface area contributed by atoms with Gasteiger partial charge in [0, 0.05) is 32.4 Å². The fraction of sp³-hybridized carbons (Fsp3) is 0.316. The Kier molecular flexibility index (Phi) is 5.66.